The number of carbonyl (C=O) groups is 6. The molecule has 2 rings (SSSR count). The van der Waals surface area contributed by atoms with Crippen molar-refractivity contribution in [3.05, 3.63) is 65.7 Å². The maximum absolute atomic E-state index is 13.3. The first-order valence-electron chi connectivity index (χ1n) is 16.2. The van der Waals surface area contributed by atoms with Gasteiger partial charge in [-0.1, -0.05) is 56.3 Å². The number of carbonyl (C=O) groups excluding carboxylic acids is 6. The van der Waals surface area contributed by atoms with E-state index in [4.69, 9.17) is 4.74 Å². The predicted molar refractivity (Wildman–Crippen MR) is 181 cm³/mol. The largest absolute Gasteiger partial charge is 0.508 e. The average Bonchev–Trinajstić information content (AvgIpc) is 2.99. The standard InChI is InChI=1S/C36H50N4O8/c1-22(2)32(40-34(46)29(38-24(4)41)20-26-16-18-27(42)19-17-26)35(47)37-23(3)33(45)39-28(21-31(44)48-36(5,6)7)30(43)15-11-14-25-12-9-8-10-13-25/h8-10,12-13,16-19,22-23,28-29,32,42H,11,14-15,20-21H2,1-7H3,(H,37,47)(H,38,41)(H,39,45)(H,40,46)/t23-,28?,29-,32-/m0/s1. The molecule has 0 heterocycles. The van der Waals surface area contributed by atoms with Crippen LogP contribution in [0.1, 0.15) is 78.9 Å². The monoisotopic (exact) mass is 666 g/mol. The van der Waals surface area contributed by atoms with Crippen molar-refractivity contribution in [3.8, 4) is 5.75 Å². The van der Waals surface area contributed by atoms with Gasteiger partial charge in [0.05, 0.1) is 12.5 Å². The highest BCUT2D eigenvalue weighted by Gasteiger charge is 2.32. The highest BCUT2D eigenvalue weighted by molar-refractivity contribution is 5.96. The fourth-order valence-corrected chi connectivity index (χ4v) is 4.86. The van der Waals surface area contributed by atoms with Gasteiger partial charge in [0.1, 0.15) is 29.5 Å². The summed E-state index contributed by atoms with van der Waals surface area (Å²) in [6, 6.07) is 11.4. The summed E-state index contributed by atoms with van der Waals surface area (Å²) in [4.78, 5) is 77.6. The number of hydrogen-bond donors (Lipinski definition) is 5. The number of esters is 1. The number of ketones is 1. The zero-order valence-electron chi connectivity index (χ0n) is 28.9. The molecule has 12 nitrogen and oxygen atoms in total. The second-order valence-corrected chi connectivity index (χ2v) is 13.2. The Balaban J connectivity index is 2.10. The van der Waals surface area contributed by atoms with E-state index in [9.17, 15) is 33.9 Å². The molecule has 12 heteroatoms. The molecule has 262 valence electrons. The molecule has 0 aromatic heterocycles. The van der Waals surface area contributed by atoms with E-state index in [1.54, 1.807) is 46.8 Å². The number of phenolic OH excluding ortho intramolecular Hbond substituents is 1. The highest BCUT2D eigenvalue weighted by atomic mass is 16.6. The van der Waals surface area contributed by atoms with Crippen molar-refractivity contribution in [2.24, 2.45) is 5.92 Å². The van der Waals surface area contributed by atoms with Crippen LogP contribution in [-0.4, -0.2) is 70.3 Å². The molecular weight excluding hydrogens is 616 g/mol. The van der Waals surface area contributed by atoms with Gasteiger partial charge < -0.3 is 31.1 Å². The minimum absolute atomic E-state index is 0.0533. The molecule has 5 N–H and O–H groups in total. The van der Waals surface area contributed by atoms with E-state index < -0.39 is 65.3 Å². The maximum Gasteiger partial charge on any atom is 0.308 e. The van der Waals surface area contributed by atoms with Gasteiger partial charge in [-0.3, -0.25) is 28.8 Å². The Labute approximate surface area is 282 Å². The normalized spacial score (nSPS) is 13.8. The number of phenols is 1. The molecule has 0 spiro atoms. The van der Waals surface area contributed by atoms with Crippen LogP contribution >= 0.6 is 0 Å². The molecule has 0 aliphatic carbocycles. The predicted octanol–water partition coefficient (Wildman–Crippen LogP) is 2.89. The molecule has 0 saturated heterocycles. The summed E-state index contributed by atoms with van der Waals surface area (Å²) in [5, 5.41) is 20.0. The van der Waals surface area contributed by atoms with Gasteiger partial charge in [-0.2, -0.15) is 0 Å². The van der Waals surface area contributed by atoms with Crippen molar-refractivity contribution >= 4 is 35.4 Å². The Morgan fingerprint density at radius 2 is 1.38 bits per heavy atom. The number of amides is 4. The number of Topliss-reactive ketones (excluding diaryl/α,β-unsaturated/α-hetero) is 1. The third-order valence-electron chi connectivity index (χ3n) is 7.30. The zero-order chi connectivity index (χ0) is 36.0. The fourth-order valence-electron chi connectivity index (χ4n) is 4.86. The molecular formula is C36H50N4O8. The number of rotatable bonds is 17. The van der Waals surface area contributed by atoms with E-state index in [0.29, 0.717) is 18.4 Å². The minimum Gasteiger partial charge on any atom is -0.508 e. The third kappa shape index (κ3) is 14.4. The first kappa shape index (κ1) is 39.4. The molecule has 48 heavy (non-hydrogen) atoms. The summed E-state index contributed by atoms with van der Waals surface area (Å²) < 4.78 is 5.39. The van der Waals surface area contributed by atoms with E-state index in [1.165, 1.54) is 26.0 Å². The van der Waals surface area contributed by atoms with Crippen LogP contribution in [0.2, 0.25) is 0 Å². The first-order chi connectivity index (χ1) is 22.4. The van der Waals surface area contributed by atoms with E-state index in [0.717, 1.165) is 5.56 Å². The van der Waals surface area contributed by atoms with Gasteiger partial charge in [0.15, 0.2) is 5.78 Å². The summed E-state index contributed by atoms with van der Waals surface area (Å²) in [7, 11) is 0. The van der Waals surface area contributed by atoms with Gasteiger partial charge >= 0.3 is 5.97 Å². The quantitative estimate of drug-likeness (QED) is 0.160. The van der Waals surface area contributed by atoms with Crippen LogP contribution in [0.15, 0.2) is 54.6 Å². The van der Waals surface area contributed by atoms with Crippen molar-refractivity contribution in [2.45, 2.75) is 110 Å². The van der Waals surface area contributed by atoms with Crippen LogP contribution in [0.3, 0.4) is 0 Å². The third-order valence-corrected chi connectivity index (χ3v) is 7.30. The van der Waals surface area contributed by atoms with Gasteiger partial charge in [0.25, 0.3) is 0 Å². The maximum atomic E-state index is 13.3. The SMILES string of the molecule is CC(=O)N[C@@H](Cc1ccc(O)cc1)C(=O)N[C@H](C(=O)N[C@@H](C)C(=O)NC(CC(=O)OC(C)(C)C)C(=O)CCCc1ccccc1)C(C)C. The van der Waals surface area contributed by atoms with Crippen molar-refractivity contribution in [3.63, 3.8) is 0 Å². The lowest BCUT2D eigenvalue weighted by Gasteiger charge is -2.27. The molecule has 0 radical (unpaired) electrons. The Hall–Kier alpha value is -4.74. The molecule has 0 aliphatic heterocycles. The lowest BCUT2D eigenvalue weighted by molar-refractivity contribution is -0.156. The van der Waals surface area contributed by atoms with Crippen LogP contribution in [0.4, 0.5) is 0 Å². The van der Waals surface area contributed by atoms with E-state index in [2.05, 4.69) is 21.3 Å². The van der Waals surface area contributed by atoms with Crippen LogP contribution in [0.5, 0.6) is 5.75 Å². The number of aryl methyl sites for hydroxylation is 1. The van der Waals surface area contributed by atoms with E-state index in [-0.39, 0.29) is 30.8 Å². The number of aromatic hydroxyl groups is 1. The molecule has 0 bridgehead atoms. The average molecular weight is 667 g/mol. The smallest absolute Gasteiger partial charge is 0.308 e. The first-order valence-corrected chi connectivity index (χ1v) is 16.2. The molecule has 0 saturated carbocycles. The number of nitrogens with one attached hydrogen (secondary N) is 4. The van der Waals surface area contributed by atoms with Crippen molar-refractivity contribution in [1.29, 1.82) is 0 Å². The Kier molecular flexibility index (Phi) is 15.2. The fraction of sp³-hybridized carbons (Fsp3) is 0.500. The molecule has 0 fully saturated rings. The topological polar surface area (TPSA) is 180 Å². The Morgan fingerprint density at radius 3 is 1.94 bits per heavy atom. The minimum atomic E-state index is -1.17. The lowest BCUT2D eigenvalue weighted by atomic mass is 10.00. The second kappa shape index (κ2) is 18.6. The summed E-state index contributed by atoms with van der Waals surface area (Å²) in [5.41, 5.74) is 0.945. The Morgan fingerprint density at radius 1 is 0.750 bits per heavy atom. The lowest BCUT2D eigenvalue weighted by Crippen LogP contribution is -2.58. The van der Waals surface area contributed by atoms with Gasteiger partial charge in [0.2, 0.25) is 23.6 Å². The Bertz CT molecular complexity index is 1400. The summed E-state index contributed by atoms with van der Waals surface area (Å²) >= 11 is 0. The van der Waals surface area contributed by atoms with E-state index >= 15 is 0 Å². The summed E-state index contributed by atoms with van der Waals surface area (Å²) in [6.07, 6.45) is 1.01. The molecule has 4 amide bonds. The molecule has 1 unspecified atom stereocenters. The molecule has 4 atom stereocenters. The number of hydrogen-bond acceptors (Lipinski definition) is 8. The highest BCUT2D eigenvalue weighted by Crippen LogP contribution is 2.14. The molecule has 0 aliphatic rings. The van der Waals surface area contributed by atoms with Gasteiger partial charge in [-0.25, -0.2) is 0 Å². The molecule has 2 aromatic rings. The van der Waals surface area contributed by atoms with Gasteiger partial charge in [0, 0.05) is 19.8 Å². The van der Waals surface area contributed by atoms with Crippen molar-refractivity contribution in [2.75, 3.05) is 0 Å². The molecule has 2 aromatic carbocycles. The number of ether oxygens (including phenoxy) is 1. The second-order valence-electron chi connectivity index (χ2n) is 13.2. The van der Waals surface area contributed by atoms with Crippen LogP contribution in [0.25, 0.3) is 0 Å². The van der Waals surface area contributed by atoms with E-state index in [1.807, 2.05) is 30.3 Å². The van der Waals surface area contributed by atoms with Crippen LogP contribution in [-0.2, 0) is 46.3 Å². The van der Waals surface area contributed by atoms with Gasteiger partial charge in [-0.05, 0) is 69.7 Å². The number of benzene rings is 2. The van der Waals surface area contributed by atoms with Crippen molar-refractivity contribution < 1.29 is 38.6 Å². The zero-order valence-corrected chi connectivity index (χ0v) is 28.9. The summed E-state index contributed by atoms with van der Waals surface area (Å²) in [6.45, 7) is 11.2. The van der Waals surface area contributed by atoms with Crippen LogP contribution in [0, 0.1) is 5.92 Å². The summed E-state index contributed by atoms with van der Waals surface area (Å²) in [5.74, 6) is -3.73. The van der Waals surface area contributed by atoms with Gasteiger partial charge in [-0.15, -0.1) is 0 Å². The van der Waals surface area contributed by atoms with Crippen LogP contribution < -0.4 is 21.3 Å². The van der Waals surface area contributed by atoms with Crippen molar-refractivity contribution in [1.82, 2.24) is 21.3 Å².